The van der Waals surface area contributed by atoms with E-state index >= 15 is 0 Å². The zero-order valence-electron chi connectivity index (χ0n) is 8.92. The van der Waals surface area contributed by atoms with Gasteiger partial charge in [-0.1, -0.05) is 36.4 Å². The molecule has 1 amide bonds. The number of carbonyl (C=O) groups excluding carboxylic acids is 1. The highest BCUT2D eigenvalue weighted by Crippen LogP contribution is 2.25. The quantitative estimate of drug-likeness (QED) is 0.785. The number of hydrogen-bond acceptors (Lipinski definition) is 2. The number of benzene rings is 2. The van der Waals surface area contributed by atoms with E-state index in [0.717, 1.165) is 4.90 Å². The van der Waals surface area contributed by atoms with Crippen LogP contribution in [0.2, 0.25) is 0 Å². The second-order valence-corrected chi connectivity index (χ2v) is 3.35. The first kappa shape index (κ1) is 11.1. The van der Waals surface area contributed by atoms with Gasteiger partial charge < -0.3 is 0 Å². The third kappa shape index (κ3) is 2.42. The van der Waals surface area contributed by atoms with Gasteiger partial charge in [0.05, 0.1) is 11.4 Å². The third-order valence-electron chi connectivity index (χ3n) is 2.28. The van der Waals surface area contributed by atoms with E-state index in [1.165, 1.54) is 0 Å². The molecule has 0 bridgehead atoms. The van der Waals surface area contributed by atoms with Crippen LogP contribution in [0.1, 0.15) is 0 Å². The van der Waals surface area contributed by atoms with E-state index in [-0.39, 0.29) is 0 Å². The molecule has 0 radical (unpaired) electrons. The highest BCUT2D eigenvalue weighted by Gasteiger charge is 2.19. The van der Waals surface area contributed by atoms with Crippen LogP contribution in [0.4, 0.5) is 20.7 Å². The SMILES string of the molecule is O=C(OF)N(c1ccccc1)c1ccccc1. The van der Waals surface area contributed by atoms with Crippen LogP contribution in [-0.4, -0.2) is 6.09 Å². The Labute approximate surface area is 98.0 Å². The van der Waals surface area contributed by atoms with Gasteiger partial charge in [-0.25, -0.2) is 14.6 Å². The zero-order valence-corrected chi connectivity index (χ0v) is 8.92. The Kier molecular flexibility index (Phi) is 3.35. The first-order valence-electron chi connectivity index (χ1n) is 5.05. The van der Waals surface area contributed by atoms with Gasteiger partial charge >= 0.3 is 6.09 Å². The van der Waals surface area contributed by atoms with Crippen molar-refractivity contribution >= 4 is 17.5 Å². The van der Waals surface area contributed by atoms with E-state index in [0.29, 0.717) is 11.4 Å². The molecule has 2 aromatic carbocycles. The lowest BCUT2D eigenvalue weighted by Crippen LogP contribution is -2.24. The van der Waals surface area contributed by atoms with E-state index in [1.807, 2.05) is 12.1 Å². The molecule has 0 saturated carbocycles. The molecule has 0 aliphatic carbocycles. The van der Waals surface area contributed by atoms with Crippen molar-refractivity contribution in [1.29, 1.82) is 0 Å². The standard InChI is InChI=1S/C13H10FNO2/c14-17-13(16)15(11-7-3-1-4-8-11)12-9-5-2-6-10-12/h1-10H. The Morgan fingerprint density at radius 2 is 1.29 bits per heavy atom. The fraction of sp³-hybridized carbons (Fsp3) is 0. The van der Waals surface area contributed by atoms with Gasteiger partial charge in [0.15, 0.2) is 0 Å². The van der Waals surface area contributed by atoms with Crippen LogP contribution in [0.25, 0.3) is 0 Å². The van der Waals surface area contributed by atoms with Gasteiger partial charge in [-0.3, -0.25) is 0 Å². The summed E-state index contributed by atoms with van der Waals surface area (Å²) in [6.07, 6.45) is -1.07. The second kappa shape index (κ2) is 5.12. The van der Waals surface area contributed by atoms with Crippen LogP contribution in [-0.2, 0) is 4.94 Å². The molecule has 0 fully saturated rings. The molecule has 0 aliphatic rings. The number of para-hydroxylation sites is 2. The van der Waals surface area contributed by atoms with Gasteiger partial charge in [0.25, 0.3) is 0 Å². The van der Waals surface area contributed by atoms with E-state index in [2.05, 4.69) is 4.94 Å². The minimum atomic E-state index is -1.07. The molecule has 17 heavy (non-hydrogen) atoms. The monoisotopic (exact) mass is 231 g/mol. The molecule has 0 unspecified atom stereocenters. The molecule has 0 spiro atoms. The molecule has 3 nitrogen and oxygen atoms in total. The Balaban J connectivity index is 2.43. The molecule has 0 aromatic heterocycles. The summed E-state index contributed by atoms with van der Waals surface area (Å²) >= 11 is 0. The van der Waals surface area contributed by atoms with Gasteiger partial charge in [-0.05, 0) is 24.3 Å². The third-order valence-corrected chi connectivity index (χ3v) is 2.28. The van der Waals surface area contributed by atoms with Gasteiger partial charge in [-0.15, -0.1) is 0 Å². The highest BCUT2D eigenvalue weighted by atomic mass is 19.3. The number of hydrogen-bond donors (Lipinski definition) is 0. The van der Waals surface area contributed by atoms with Crippen LogP contribution in [0.3, 0.4) is 0 Å². The van der Waals surface area contributed by atoms with Crippen molar-refractivity contribution < 1.29 is 14.3 Å². The lowest BCUT2D eigenvalue weighted by Gasteiger charge is -2.19. The van der Waals surface area contributed by atoms with Gasteiger partial charge in [-0.2, -0.15) is 0 Å². The Hall–Kier alpha value is -2.36. The van der Waals surface area contributed by atoms with Crippen molar-refractivity contribution in [2.24, 2.45) is 0 Å². The smallest absolute Gasteiger partial charge is 0.244 e. The van der Waals surface area contributed by atoms with Crippen LogP contribution < -0.4 is 4.90 Å². The Morgan fingerprint density at radius 3 is 1.65 bits per heavy atom. The maximum absolute atomic E-state index is 12.1. The number of amides is 1. The molecule has 0 atom stereocenters. The van der Waals surface area contributed by atoms with Crippen molar-refractivity contribution in [1.82, 2.24) is 0 Å². The highest BCUT2D eigenvalue weighted by molar-refractivity contribution is 5.95. The van der Waals surface area contributed by atoms with Crippen LogP contribution in [0.15, 0.2) is 60.7 Å². The average molecular weight is 231 g/mol. The number of halogens is 1. The lowest BCUT2D eigenvalue weighted by molar-refractivity contribution is -0.0571. The lowest BCUT2D eigenvalue weighted by atomic mass is 10.2. The summed E-state index contributed by atoms with van der Waals surface area (Å²) in [6.45, 7) is 0. The second-order valence-electron chi connectivity index (χ2n) is 3.35. The van der Waals surface area contributed by atoms with Crippen molar-refractivity contribution in [3.05, 3.63) is 60.7 Å². The fourth-order valence-electron chi connectivity index (χ4n) is 1.55. The average Bonchev–Trinajstić information content (AvgIpc) is 2.41. The summed E-state index contributed by atoms with van der Waals surface area (Å²) < 4.78 is 12.1. The minimum Gasteiger partial charge on any atom is -0.244 e. The van der Waals surface area contributed by atoms with Gasteiger partial charge in [0.1, 0.15) is 0 Å². The molecule has 2 rings (SSSR count). The first-order chi connectivity index (χ1) is 8.33. The van der Waals surface area contributed by atoms with Crippen LogP contribution >= 0.6 is 0 Å². The van der Waals surface area contributed by atoms with E-state index < -0.39 is 6.09 Å². The molecule has 0 heterocycles. The Morgan fingerprint density at radius 1 is 0.882 bits per heavy atom. The van der Waals surface area contributed by atoms with Crippen molar-refractivity contribution in [3.8, 4) is 0 Å². The normalized spacial score (nSPS) is 9.71. The molecule has 2 aromatic rings. The van der Waals surface area contributed by atoms with E-state index in [1.54, 1.807) is 48.5 Å². The number of anilines is 2. The molecular formula is C13H10FNO2. The maximum atomic E-state index is 12.1. The largest absolute Gasteiger partial charge is 0.456 e. The summed E-state index contributed by atoms with van der Waals surface area (Å²) in [4.78, 5) is 15.9. The summed E-state index contributed by atoms with van der Waals surface area (Å²) in [5, 5.41) is 0. The van der Waals surface area contributed by atoms with Crippen molar-refractivity contribution in [3.63, 3.8) is 0 Å². The van der Waals surface area contributed by atoms with Crippen LogP contribution in [0, 0.1) is 0 Å². The molecule has 0 N–H and O–H groups in total. The van der Waals surface area contributed by atoms with E-state index in [9.17, 15) is 9.32 Å². The molecule has 0 saturated heterocycles. The molecule has 4 heteroatoms. The molecule has 0 aliphatic heterocycles. The summed E-state index contributed by atoms with van der Waals surface area (Å²) in [7, 11) is 0. The first-order valence-corrected chi connectivity index (χ1v) is 5.05. The summed E-state index contributed by atoms with van der Waals surface area (Å²) in [5.41, 5.74) is 1.09. The predicted molar refractivity (Wildman–Crippen MR) is 62.6 cm³/mol. The summed E-state index contributed by atoms with van der Waals surface area (Å²) in [5.74, 6) is 0. The topological polar surface area (TPSA) is 29.5 Å². The molecule has 86 valence electrons. The van der Waals surface area contributed by atoms with Crippen molar-refractivity contribution in [2.45, 2.75) is 0 Å². The fourth-order valence-corrected chi connectivity index (χ4v) is 1.55. The number of carbonyl (C=O) groups is 1. The minimum absolute atomic E-state index is 0.543. The van der Waals surface area contributed by atoms with Gasteiger partial charge in [0, 0.05) is 4.53 Å². The number of nitrogens with zero attached hydrogens (tertiary/aromatic N) is 1. The van der Waals surface area contributed by atoms with Crippen LogP contribution in [0.5, 0.6) is 0 Å². The Bertz CT molecular complexity index is 448. The molecular weight excluding hydrogens is 221 g/mol. The predicted octanol–water partition coefficient (Wildman–Crippen LogP) is 3.85. The number of rotatable bonds is 2. The zero-order chi connectivity index (χ0) is 12.1. The summed E-state index contributed by atoms with van der Waals surface area (Å²) in [6, 6.07) is 17.5. The van der Waals surface area contributed by atoms with E-state index in [4.69, 9.17) is 0 Å². The maximum Gasteiger partial charge on any atom is 0.456 e. The van der Waals surface area contributed by atoms with Crippen molar-refractivity contribution in [2.75, 3.05) is 4.90 Å². The van der Waals surface area contributed by atoms with Gasteiger partial charge in [0.2, 0.25) is 0 Å².